The molecule has 9 heteroatoms. The van der Waals surface area contributed by atoms with Crippen LogP contribution in [0.2, 0.25) is 0 Å². The number of quaternary nitrogens is 1. The second kappa shape index (κ2) is 34.4. The third-order valence-electron chi connectivity index (χ3n) is 9.11. The van der Waals surface area contributed by atoms with E-state index in [-0.39, 0.29) is 32.2 Å². The normalized spacial score (nSPS) is 12.9. The summed E-state index contributed by atoms with van der Waals surface area (Å²) in [6, 6.07) is 0. The molecule has 0 radical (unpaired) electrons. The predicted molar refractivity (Wildman–Crippen MR) is 203 cm³/mol. The van der Waals surface area contributed by atoms with E-state index in [0.29, 0.717) is 17.4 Å². The van der Waals surface area contributed by atoms with Crippen molar-refractivity contribution in [2.45, 2.75) is 200 Å². The fourth-order valence-corrected chi connectivity index (χ4v) is 5.84. The average Bonchev–Trinajstić information content (AvgIpc) is 3.06. The molecule has 0 spiro atoms. The quantitative estimate of drug-likeness (QED) is 0.0291. The van der Waals surface area contributed by atoms with Crippen molar-refractivity contribution in [1.29, 1.82) is 0 Å². The second-order valence-corrected chi connectivity index (χ2v) is 15.3. The van der Waals surface area contributed by atoms with Gasteiger partial charge in [-0.3, -0.25) is 9.59 Å². The fraction of sp³-hybridized carbons (Fsp3) is 0.927. The summed E-state index contributed by atoms with van der Waals surface area (Å²) in [5, 5.41) is 9.57. The van der Waals surface area contributed by atoms with E-state index < -0.39 is 24.3 Å². The highest BCUT2D eigenvalue weighted by Crippen LogP contribution is 2.15. The molecule has 296 valence electrons. The van der Waals surface area contributed by atoms with Crippen LogP contribution in [0.5, 0.6) is 0 Å². The van der Waals surface area contributed by atoms with Gasteiger partial charge in [0.2, 0.25) is 0 Å². The van der Waals surface area contributed by atoms with Gasteiger partial charge in [0.05, 0.1) is 34.4 Å². The molecule has 1 N–H and O–H groups in total. The number of ether oxygens (including phenoxy) is 4. The molecular weight excluding hydrogens is 634 g/mol. The third kappa shape index (κ3) is 34.7. The molecule has 0 heterocycles. The predicted octanol–water partition coefficient (Wildman–Crippen LogP) is 10.2. The number of aliphatic carboxylic acids is 1. The molecular formula is C41H80NO8+. The Morgan fingerprint density at radius 2 is 0.900 bits per heavy atom. The zero-order valence-electron chi connectivity index (χ0n) is 33.3. The number of esters is 2. The van der Waals surface area contributed by atoms with Crippen LogP contribution in [0.1, 0.15) is 187 Å². The van der Waals surface area contributed by atoms with E-state index >= 15 is 0 Å². The summed E-state index contributed by atoms with van der Waals surface area (Å²) in [4.78, 5) is 36.7. The molecule has 0 amide bonds. The lowest BCUT2D eigenvalue weighted by Gasteiger charge is -2.25. The lowest BCUT2D eigenvalue weighted by atomic mass is 10.0. The van der Waals surface area contributed by atoms with Gasteiger partial charge in [0, 0.05) is 12.8 Å². The third-order valence-corrected chi connectivity index (χ3v) is 9.11. The average molecular weight is 715 g/mol. The number of hydrogen-bond donors (Lipinski definition) is 1. The van der Waals surface area contributed by atoms with Crippen LogP contribution >= 0.6 is 0 Å². The molecule has 0 rings (SSSR count). The van der Waals surface area contributed by atoms with Gasteiger partial charge in [-0.15, -0.1) is 0 Å². The Labute approximate surface area is 307 Å². The number of unbranched alkanes of at least 4 members (excludes halogenated alkanes) is 23. The van der Waals surface area contributed by atoms with Gasteiger partial charge in [0.1, 0.15) is 13.2 Å². The van der Waals surface area contributed by atoms with E-state index in [0.717, 1.165) is 38.5 Å². The topological polar surface area (TPSA) is 108 Å². The van der Waals surface area contributed by atoms with E-state index in [1.165, 1.54) is 122 Å². The van der Waals surface area contributed by atoms with Crippen molar-refractivity contribution in [2.75, 3.05) is 47.5 Å². The summed E-state index contributed by atoms with van der Waals surface area (Å²) >= 11 is 0. The molecule has 0 aliphatic rings. The van der Waals surface area contributed by atoms with Gasteiger partial charge >= 0.3 is 17.9 Å². The Balaban J connectivity index is 4.28. The van der Waals surface area contributed by atoms with Gasteiger partial charge in [-0.1, -0.05) is 162 Å². The molecule has 0 saturated heterocycles. The number of carboxylic acids is 1. The van der Waals surface area contributed by atoms with Crippen molar-refractivity contribution in [1.82, 2.24) is 0 Å². The van der Waals surface area contributed by atoms with Crippen LogP contribution in [0.15, 0.2) is 0 Å². The minimum atomic E-state index is -1.50. The maximum absolute atomic E-state index is 12.7. The second-order valence-electron chi connectivity index (χ2n) is 15.3. The van der Waals surface area contributed by atoms with Crippen molar-refractivity contribution in [2.24, 2.45) is 0 Å². The number of hydrogen-bond acceptors (Lipinski definition) is 7. The molecule has 9 nitrogen and oxygen atoms in total. The SMILES string of the molecule is CCCCCCCCCCCCCCCCCCCCCC(=O)OC(COC(=O)CCCCCCCC)COC(OCC[N+](C)(C)C)C(=O)O. The first kappa shape index (κ1) is 48.3. The first-order chi connectivity index (χ1) is 24.1. The molecule has 0 aromatic carbocycles. The van der Waals surface area contributed by atoms with Gasteiger partial charge in [-0.2, -0.15) is 0 Å². The molecule has 0 aromatic heterocycles. The number of nitrogens with zero attached hydrogens (tertiary/aromatic N) is 1. The van der Waals surface area contributed by atoms with Gasteiger partial charge in [0.25, 0.3) is 6.29 Å². The first-order valence-corrected chi connectivity index (χ1v) is 20.7. The summed E-state index contributed by atoms with van der Waals surface area (Å²) < 4.78 is 22.6. The minimum absolute atomic E-state index is 0.176. The summed E-state index contributed by atoms with van der Waals surface area (Å²) in [6.45, 7) is 4.82. The molecule has 0 bridgehead atoms. The number of likely N-dealkylation sites (N-methyl/N-ethyl adjacent to an activating group) is 1. The van der Waals surface area contributed by atoms with Crippen molar-refractivity contribution in [3.8, 4) is 0 Å². The Hall–Kier alpha value is -1.71. The smallest absolute Gasteiger partial charge is 0.361 e. The van der Waals surface area contributed by atoms with Crippen molar-refractivity contribution in [3.63, 3.8) is 0 Å². The van der Waals surface area contributed by atoms with Crippen LogP contribution in [0.4, 0.5) is 0 Å². The Bertz CT molecular complexity index is 800. The Kier molecular flexibility index (Phi) is 33.2. The van der Waals surface area contributed by atoms with Crippen LogP contribution in [0.3, 0.4) is 0 Å². The fourth-order valence-electron chi connectivity index (χ4n) is 5.84. The number of carbonyl (C=O) groups excluding carboxylic acids is 2. The summed E-state index contributed by atoms with van der Waals surface area (Å²) in [5.74, 6) is -2.00. The first-order valence-electron chi connectivity index (χ1n) is 20.7. The summed E-state index contributed by atoms with van der Waals surface area (Å²) in [5.41, 5.74) is 0. The van der Waals surface area contributed by atoms with Gasteiger partial charge in [-0.25, -0.2) is 4.79 Å². The molecule has 0 aromatic rings. The summed E-state index contributed by atoms with van der Waals surface area (Å²) in [7, 11) is 5.95. The van der Waals surface area contributed by atoms with E-state index in [2.05, 4.69) is 13.8 Å². The highest BCUT2D eigenvalue weighted by molar-refractivity contribution is 5.71. The van der Waals surface area contributed by atoms with Crippen molar-refractivity contribution >= 4 is 17.9 Å². The zero-order chi connectivity index (χ0) is 37.1. The molecule has 0 saturated carbocycles. The molecule has 0 fully saturated rings. The molecule has 0 aliphatic carbocycles. The number of carboxylic acid groups (broad SMARTS) is 1. The van der Waals surface area contributed by atoms with Gasteiger partial charge < -0.3 is 28.5 Å². The van der Waals surface area contributed by atoms with E-state index in [1.807, 2.05) is 21.1 Å². The van der Waals surface area contributed by atoms with E-state index in [1.54, 1.807) is 0 Å². The Morgan fingerprint density at radius 1 is 0.520 bits per heavy atom. The summed E-state index contributed by atoms with van der Waals surface area (Å²) in [6.07, 6.45) is 29.0. The van der Waals surface area contributed by atoms with Crippen LogP contribution in [-0.4, -0.2) is 87.4 Å². The highest BCUT2D eigenvalue weighted by atomic mass is 16.7. The molecule has 2 atom stereocenters. The van der Waals surface area contributed by atoms with E-state index in [9.17, 15) is 19.5 Å². The van der Waals surface area contributed by atoms with Crippen LogP contribution in [-0.2, 0) is 33.3 Å². The minimum Gasteiger partial charge on any atom is -0.477 e. The molecule has 50 heavy (non-hydrogen) atoms. The standard InChI is InChI=1S/C41H79NO8/c1-6-8-10-12-14-15-16-17-18-19-20-21-22-23-24-25-26-28-30-32-39(44)50-37(35-48-38(43)31-29-27-13-11-9-7-2)36-49-41(40(45)46)47-34-33-42(3,4)5/h37,41H,6-36H2,1-5H3/p+1. The molecule has 0 aliphatic heterocycles. The maximum Gasteiger partial charge on any atom is 0.361 e. The Morgan fingerprint density at radius 3 is 1.28 bits per heavy atom. The largest absolute Gasteiger partial charge is 0.477 e. The van der Waals surface area contributed by atoms with Crippen LogP contribution in [0, 0.1) is 0 Å². The van der Waals surface area contributed by atoms with E-state index in [4.69, 9.17) is 18.9 Å². The lowest BCUT2D eigenvalue weighted by Crippen LogP contribution is -2.40. The maximum atomic E-state index is 12.7. The van der Waals surface area contributed by atoms with Gasteiger partial charge in [-0.05, 0) is 12.8 Å². The number of carbonyl (C=O) groups is 3. The highest BCUT2D eigenvalue weighted by Gasteiger charge is 2.25. The molecule has 2 unspecified atom stereocenters. The van der Waals surface area contributed by atoms with Crippen LogP contribution < -0.4 is 0 Å². The van der Waals surface area contributed by atoms with Crippen molar-refractivity contribution < 1.29 is 42.9 Å². The van der Waals surface area contributed by atoms with Gasteiger partial charge in [0.15, 0.2) is 6.10 Å². The zero-order valence-corrected chi connectivity index (χ0v) is 33.3. The number of rotatable bonds is 38. The lowest BCUT2D eigenvalue weighted by molar-refractivity contribution is -0.870. The van der Waals surface area contributed by atoms with Crippen LogP contribution in [0.25, 0.3) is 0 Å². The van der Waals surface area contributed by atoms with Crippen molar-refractivity contribution in [3.05, 3.63) is 0 Å². The monoisotopic (exact) mass is 715 g/mol.